The van der Waals surface area contributed by atoms with E-state index in [-0.39, 0.29) is 36.4 Å². The van der Waals surface area contributed by atoms with Gasteiger partial charge in [0.15, 0.2) is 5.01 Å². The summed E-state index contributed by atoms with van der Waals surface area (Å²) < 4.78 is 0. The van der Waals surface area contributed by atoms with Crippen LogP contribution in [0.15, 0.2) is 24.3 Å². The lowest BCUT2D eigenvalue weighted by Crippen LogP contribution is -2.48. The molecule has 10 heteroatoms. The first-order valence-corrected chi connectivity index (χ1v) is 12.3. The lowest BCUT2D eigenvalue weighted by Gasteiger charge is -2.21. The van der Waals surface area contributed by atoms with E-state index in [4.69, 9.17) is 11.6 Å². The molecule has 2 amide bonds. The molecule has 0 spiro atoms. The molecule has 1 fully saturated rings. The van der Waals surface area contributed by atoms with Crippen molar-refractivity contribution in [2.75, 3.05) is 20.2 Å². The number of aliphatic hydroxyl groups is 1. The predicted molar refractivity (Wildman–Crippen MR) is 128 cm³/mol. The number of benzene rings is 1. The molecule has 5 rings (SSSR count). The Morgan fingerprint density at radius 1 is 1.24 bits per heavy atom. The van der Waals surface area contributed by atoms with Crippen molar-refractivity contribution in [2.24, 2.45) is 5.92 Å². The van der Waals surface area contributed by atoms with Gasteiger partial charge in [0.05, 0.1) is 5.69 Å². The van der Waals surface area contributed by atoms with E-state index in [1.807, 2.05) is 6.07 Å². The molecule has 0 saturated heterocycles. The minimum atomic E-state index is -0.283. The third-order valence-electron chi connectivity index (χ3n) is 6.50. The molecule has 0 bridgehead atoms. The highest BCUT2D eigenvalue weighted by Crippen LogP contribution is 2.28. The van der Waals surface area contributed by atoms with Gasteiger partial charge in [-0.15, -0.1) is 11.3 Å². The van der Waals surface area contributed by atoms with E-state index >= 15 is 0 Å². The fraction of sp³-hybridized carbons (Fsp3) is 0.435. The Morgan fingerprint density at radius 2 is 2.00 bits per heavy atom. The zero-order chi connectivity index (χ0) is 23.1. The molecule has 33 heavy (non-hydrogen) atoms. The van der Waals surface area contributed by atoms with Gasteiger partial charge in [0.1, 0.15) is 5.69 Å². The van der Waals surface area contributed by atoms with Crippen molar-refractivity contribution in [3.05, 3.63) is 50.6 Å². The van der Waals surface area contributed by atoms with E-state index in [1.54, 1.807) is 18.2 Å². The zero-order valence-electron chi connectivity index (χ0n) is 18.2. The van der Waals surface area contributed by atoms with Gasteiger partial charge >= 0.3 is 0 Å². The first-order valence-electron chi connectivity index (χ1n) is 11.1. The summed E-state index contributed by atoms with van der Waals surface area (Å²) >= 11 is 7.49. The molecule has 1 aliphatic carbocycles. The number of carbonyl (C=O) groups excluding carboxylic acids is 2. The second kappa shape index (κ2) is 9.06. The minimum absolute atomic E-state index is 0.0141. The molecule has 1 aliphatic heterocycles. The van der Waals surface area contributed by atoms with Gasteiger partial charge in [-0.1, -0.05) is 11.6 Å². The van der Waals surface area contributed by atoms with Crippen LogP contribution in [0.5, 0.6) is 0 Å². The number of aromatic amines is 1. The Labute approximate surface area is 200 Å². The number of fused-ring (bicyclic) bond motifs is 2. The van der Waals surface area contributed by atoms with Gasteiger partial charge in [-0.25, -0.2) is 4.98 Å². The first kappa shape index (κ1) is 22.3. The van der Waals surface area contributed by atoms with E-state index in [0.717, 1.165) is 41.0 Å². The Morgan fingerprint density at radius 3 is 2.76 bits per heavy atom. The van der Waals surface area contributed by atoms with Crippen LogP contribution in [-0.4, -0.2) is 64.1 Å². The van der Waals surface area contributed by atoms with Gasteiger partial charge in [-0.05, 0) is 50.1 Å². The molecule has 0 radical (unpaired) electrons. The molecule has 3 aromatic rings. The summed E-state index contributed by atoms with van der Waals surface area (Å²) in [5, 5.41) is 17.7. The van der Waals surface area contributed by atoms with Crippen LogP contribution >= 0.6 is 22.9 Å². The van der Waals surface area contributed by atoms with Crippen molar-refractivity contribution in [3.8, 4) is 0 Å². The highest BCUT2D eigenvalue weighted by molar-refractivity contribution is 7.13. The van der Waals surface area contributed by atoms with Crippen molar-refractivity contribution in [1.29, 1.82) is 0 Å². The largest absolute Gasteiger partial charge is 0.396 e. The molecular weight excluding hydrogens is 462 g/mol. The predicted octanol–water partition coefficient (Wildman–Crippen LogP) is 2.57. The number of halogens is 1. The number of hydrogen-bond donors (Lipinski definition) is 4. The van der Waals surface area contributed by atoms with Crippen LogP contribution in [0.2, 0.25) is 5.02 Å². The maximum Gasteiger partial charge on any atom is 0.280 e. The van der Waals surface area contributed by atoms with Gasteiger partial charge < -0.3 is 25.6 Å². The number of likely N-dealkylation sites (N-methyl/N-ethyl adjacent to an activating group) is 1. The smallest absolute Gasteiger partial charge is 0.280 e. The van der Waals surface area contributed by atoms with Gasteiger partial charge in [0, 0.05) is 59.0 Å². The molecule has 1 aromatic carbocycles. The number of thiazole rings is 1. The molecule has 4 N–H and O–H groups in total. The summed E-state index contributed by atoms with van der Waals surface area (Å²) in [5.74, 6) is -0.460. The van der Waals surface area contributed by atoms with Crippen LogP contribution in [0, 0.1) is 5.92 Å². The van der Waals surface area contributed by atoms with Crippen LogP contribution in [0.3, 0.4) is 0 Å². The second-order valence-corrected chi connectivity index (χ2v) is 10.5. The molecule has 174 valence electrons. The number of aliphatic hydroxyl groups excluding tert-OH is 1. The fourth-order valence-electron chi connectivity index (χ4n) is 4.73. The standard InChI is InChI=1S/C23H26ClN5O3S/c1-29-5-4-16-20(10-29)33-23(28-16)22(32)27-18-7-12(11-30)6-17(18)26-21(31)19-9-13-8-14(24)2-3-15(13)25-19/h2-3,8-9,12,17-18,25,30H,4-7,10-11H2,1H3,(H,26,31)(H,27,32)/t12?,17-,18-/m1/s1. The average molecular weight is 488 g/mol. The summed E-state index contributed by atoms with van der Waals surface area (Å²) in [7, 11) is 2.06. The molecule has 2 aliphatic rings. The first-order chi connectivity index (χ1) is 15.9. The molecule has 1 unspecified atom stereocenters. The van der Waals surface area contributed by atoms with Crippen LogP contribution in [0.1, 0.15) is 43.7 Å². The van der Waals surface area contributed by atoms with Crippen LogP contribution < -0.4 is 10.6 Å². The van der Waals surface area contributed by atoms with Crippen molar-refractivity contribution in [1.82, 2.24) is 25.5 Å². The van der Waals surface area contributed by atoms with Gasteiger partial charge in [0.25, 0.3) is 11.8 Å². The molecular formula is C23H26ClN5O3S. The highest BCUT2D eigenvalue weighted by Gasteiger charge is 2.37. The van der Waals surface area contributed by atoms with Crippen LogP contribution in [0.4, 0.5) is 0 Å². The molecule has 3 heterocycles. The Balaban J connectivity index is 1.29. The monoisotopic (exact) mass is 487 g/mol. The quantitative estimate of drug-likeness (QED) is 0.442. The third-order valence-corrected chi connectivity index (χ3v) is 7.81. The number of H-pyrrole nitrogens is 1. The van der Waals surface area contributed by atoms with E-state index in [9.17, 15) is 14.7 Å². The van der Waals surface area contributed by atoms with Crippen molar-refractivity contribution in [3.63, 3.8) is 0 Å². The lowest BCUT2D eigenvalue weighted by atomic mass is 10.1. The van der Waals surface area contributed by atoms with Crippen LogP contribution in [0.25, 0.3) is 10.9 Å². The SMILES string of the molecule is CN1CCc2nc(C(=O)N[C@@H]3CC(CO)C[C@H]3NC(=O)c3cc4cc(Cl)ccc4[nH]3)sc2C1. The Kier molecular flexibility index (Phi) is 6.13. The van der Waals surface area contributed by atoms with Crippen molar-refractivity contribution in [2.45, 2.75) is 37.9 Å². The second-order valence-electron chi connectivity index (χ2n) is 8.97. The van der Waals surface area contributed by atoms with Gasteiger partial charge in [-0.3, -0.25) is 9.59 Å². The van der Waals surface area contributed by atoms with Gasteiger partial charge in [0.2, 0.25) is 0 Å². The minimum Gasteiger partial charge on any atom is -0.396 e. The number of amides is 2. The Hall–Kier alpha value is -2.46. The third kappa shape index (κ3) is 4.63. The summed E-state index contributed by atoms with van der Waals surface area (Å²) in [6, 6.07) is 6.61. The van der Waals surface area contributed by atoms with E-state index in [2.05, 4.69) is 32.5 Å². The molecule has 8 nitrogen and oxygen atoms in total. The maximum atomic E-state index is 13.0. The van der Waals surface area contributed by atoms with E-state index < -0.39 is 0 Å². The van der Waals surface area contributed by atoms with Crippen LogP contribution in [-0.2, 0) is 13.0 Å². The zero-order valence-corrected chi connectivity index (χ0v) is 19.8. The Bertz CT molecular complexity index is 1210. The van der Waals surface area contributed by atoms with Crippen molar-refractivity contribution >= 4 is 45.7 Å². The summed E-state index contributed by atoms with van der Waals surface area (Å²) in [6.07, 6.45) is 2.04. The lowest BCUT2D eigenvalue weighted by molar-refractivity contribution is 0.0889. The number of carbonyl (C=O) groups is 2. The molecule has 2 aromatic heterocycles. The number of hydrogen-bond acceptors (Lipinski definition) is 6. The fourth-order valence-corrected chi connectivity index (χ4v) is 6.01. The average Bonchev–Trinajstić information content (AvgIpc) is 3.49. The van der Waals surface area contributed by atoms with Gasteiger partial charge in [-0.2, -0.15) is 0 Å². The summed E-state index contributed by atoms with van der Waals surface area (Å²) in [6.45, 7) is 1.76. The van der Waals surface area contributed by atoms with E-state index in [0.29, 0.717) is 28.6 Å². The number of nitrogens with zero attached hydrogens (tertiary/aromatic N) is 2. The topological polar surface area (TPSA) is 110 Å². The summed E-state index contributed by atoms with van der Waals surface area (Å²) in [4.78, 5) is 37.0. The molecule has 3 atom stereocenters. The number of aromatic nitrogens is 2. The summed E-state index contributed by atoms with van der Waals surface area (Å²) in [5.41, 5.74) is 2.26. The number of nitrogens with one attached hydrogen (secondary N) is 3. The molecule has 1 saturated carbocycles. The normalized spacial score (nSPS) is 22.9. The van der Waals surface area contributed by atoms with E-state index in [1.165, 1.54) is 11.3 Å². The van der Waals surface area contributed by atoms with Crippen molar-refractivity contribution < 1.29 is 14.7 Å². The maximum absolute atomic E-state index is 13.0. The highest BCUT2D eigenvalue weighted by atomic mass is 35.5. The number of rotatable bonds is 5.